The molecule has 94 valence electrons. The Morgan fingerprint density at radius 3 is 3.06 bits per heavy atom. The molecule has 3 heteroatoms. The van der Waals surface area contributed by atoms with Gasteiger partial charge in [-0.25, -0.2) is 0 Å². The van der Waals surface area contributed by atoms with E-state index in [9.17, 15) is 5.11 Å². The van der Waals surface area contributed by atoms with E-state index in [2.05, 4.69) is 35.5 Å². The summed E-state index contributed by atoms with van der Waals surface area (Å²) >= 11 is 0. The molecule has 1 atom stereocenters. The molecule has 1 unspecified atom stereocenters. The first-order valence-corrected chi connectivity index (χ1v) is 6.43. The lowest BCUT2D eigenvalue weighted by molar-refractivity contribution is 0.183. The highest BCUT2D eigenvalue weighted by Gasteiger charge is 2.15. The molecule has 1 heterocycles. The summed E-state index contributed by atoms with van der Waals surface area (Å²) in [4.78, 5) is 2.30. The fraction of sp³-hybridized carbons (Fsp3) is 0.571. The Morgan fingerprint density at radius 2 is 2.29 bits per heavy atom. The van der Waals surface area contributed by atoms with E-state index in [0.29, 0.717) is 0 Å². The molecular formula is C14H22N2O. The van der Waals surface area contributed by atoms with Gasteiger partial charge in [0.15, 0.2) is 0 Å². The zero-order valence-corrected chi connectivity index (χ0v) is 10.7. The van der Waals surface area contributed by atoms with Crippen molar-refractivity contribution in [2.45, 2.75) is 32.3 Å². The molecule has 3 nitrogen and oxygen atoms in total. The van der Waals surface area contributed by atoms with Crippen LogP contribution < -0.4 is 10.2 Å². The average Bonchev–Trinajstić information content (AvgIpc) is 2.66. The number of fused-ring (bicyclic) bond motifs is 1. The van der Waals surface area contributed by atoms with E-state index in [-0.39, 0.29) is 6.10 Å². The average molecular weight is 234 g/mol. The number of nitrogens with one attached hydrogen (secondary N) is 1. The first-order valence-electron chi connectivity index (χ1n) is 6.43. The number of benzene rings is 1. The molecule has 2 N–H and O–H groups in total. The van der Waals surface area contributed by atoms with Gasteiger partial charge in [-0.1, -0.05) is 0 Å². The monoisotopic (exact) mass is 234 g/mol. The summed E-state index contributed by atoms with van der Waals surface area (Å²) in [7, 11) is 2.14. The largest absolute Gasteiger partial charge is 0.393 e. The number of likely N-dealkylation sites (N-methyl/N-ethyl adjacent to an activating group) is 1. The lowest BCUT2D eigenvalue weighted by Gasteiger charge is -2.13. The van der Waals surface area contributed by atoms with E-state index in [1.54, 1.807) is 0 Å². The van der Waals surface area contributed by atoms with Gasteiger partial charge in [0.25, 0.3) is 0 Å². The standard InChI is InChI=1S/C14H22N2O/c1-11(17)4-3-8-15-13-5-6-14-12(10-13)7-9-16(14)2/h5-6,10-11,15,17H,3-4,7-9H2,1-2H3. The van der Waals surface area contributed by atoms with Gasteiger partial charge in [0, 0.05) is 31.5 Å². The van der Waals surface area contributed by atoms with Crippen LogP contribution in [-0.4, -0.2) is 31.3 Å². The molecule has 0 spiro atoms. The second-order valence-electron chi connectivity index (χ2n) is 4.93. The summed E-state index contributed by atoms with van der Waals surface area (Å²) in [6.07, 6.45) is 2.83. The minimum atomic E-state index is -0.189. The van der Waals surface area contributed by atoms with Gasteiger partial charge in [-0.15, -0.1) is 0 Å². The molecule has 0 saturated heterocycles. The van der Waals surface area contributed by atoms with Crippen LogP contribution in [0.25, 0.3) is 0 Å². The Bertz CT molecular complexity index is 376. The van der Waals surface area contributed by atoms with Crippen molar-refractivity contribution in [2.75, 3.05) is 30.4 Å². The molecule has 0 bridgehead atoms. The van der Waals surface area contributed by atoms with Crippen molar-refractivity contribution in [1.82, 2.24) is 0 Å². The molecule has 0 saturated carbocycles. The Kier molecular flexibility index (Phi) is 3.89. The van der Waals surface area contributed by atoms with E-state index in [4.69, 9.17) is 0 Å². The Morgan fingerprint density at radius 1 is 1.47 bits per heavy atom. The van der Waals surface area contributed by atoms with Crippen molar-refractivity contribution < 1.29 is 5.11 Å². The van der Waals surface area contributed by atoms with E-state index >= 15 is 0 Å². The molecule has 0 aliphatic carbocycles. The summed E-state index contributed by atoms with van der Waals surface area (Å²) in [6, 6.07) is 6.59. The first-order chi connectivity index (χ1) is 8.16. The third-order valence-electron chi connectivity index (χ3n) is 3.34. The van der Waals surface area contributed by atoms with Gasteiger partial charge in [-0.2, -0.15) is 0 Å². The van der Waals surface area contributed by atoms with Crippen LogP contribution in [0.2, 0.25) is 0 Å². The number of nitrogens with zero attached hydrogens (tertiary/aromatic N) is 1. The molecule has 1 aromatic carbocycles. The highest BCUT2D eigenvalue weighted by atomic mass is 16.3. The van der Waals surface area contributed by atoms with E-state index in [1.165, 1.54) is 16.9 Å². The van der Waals surface area contributed by atoms with Crippen LogP contribution in [0, 0.1) is 0 Å². The number of hydrogen-bond donors (Lipinski definition) is 2. The second kappa shape index (κ2) is 5.41. The highest BCUT2D eigenvalue weighted by molar-refractivity contribution is 5.63. The molecule has 2 rings (SSSR count). The van der Waals surface area contributed by atoms with Gasteiger partial charge >= 0.3 is 0 Å². The molecule has 1 aliphatic rings. The van der Waals surface area contributed by atoms with E-state index in [0.717, 1.165) is 32.4 Å². The summed E-state index contributed by atoms with van der Waals surface area (Å²) in [5.74, 6) is 0. The minimum Gasteiger partial charge on any atom is -0.393 e. The second-order valence-corrected chi connectivity index (χ2v) is 4.93. The fourth-order valence-corrected chi connectivity index (χ4v) is 2.31. The van der Waals surface area contributed by atoms with E-state index < -0.39 is 0 Å². The van der Waals surface area contributed by atoms with Crippen LogP contribution in [0.1, 0.15) is 25.3 Å². The van der Waals surface area contributed by atoms with E-state index in [1.807, 2.05) is 6.92 Å². The van der Waals surface area contributed by atoms with Crippen LogP contribution in [0.4, 0.5) is 11.4 Å². The molecular weight excluding hydrogens is 212 g/mol. The number of aliphatic hydroxyl groups excluding tert-OH is 1. The summed E-state index contributed by atoms with van der Waals surface area (Å²) in [6.45, 7) is 3.89. The normalized spacial score (nSPS) is 15.8. The van der Waals surface area contributed by atoms with Crippen molar-refractivity contribution in [3.8, 4) is 0 Å². The third-order valence-corrected chi connectivity index (χ3v) is 3.34. The topological polar surface area (TPSA) is 35.5 Å². The zero-order valence-electron chi connectivity index (χ0n) is 10.7. The van der Waals surface area contributed by atoms with Crippen LogP contribution in [0.15, 0.2) is 18.2 Å². The smallest absolute Gasteiger partial charge is 0.0512 e. The van der Waals surface area contributed by atoms with Crippen LogP contribution in [-0.2, 0) is 6.42 Å². The number of anilines is 2. The van der Waals surface area contributed by atoms with Crippen LogP contribution in [0.5, 0.6) is 0 Å². The molecule has 0 aromatic heterocycles. The van der Waals surface area contributed by atoms with Crippen molar-refractivity contribution >= 4 is 11.4 Å². The molecule has 1 aliphatic heterocycles. The van der Waals surface area contributed by atoms with Gasteiger partial charge < -0.3 is 15.3 Å². The summed E-state index contributed by atoms with van der Waals surface area (Å²) in [5.41, 5.74) is 4.00. The number of hydrogen-bond acceptors (Lipinski definition) is 3. The third kappa shape index (κ3) is 3.13. The Balaban J connectivity index is 1.86. The zero-order chi connectivity index (χ0) is 12.3. The molecule has 0 amide bonds. The molecule has 1 aromatic rings. The molecule has 0 fully saturated rings. The Labute approximate surface area is 103 Å². The predicted octanol–water partition coefficient (Wildman–Crippen LogP) is 2.25. The minimum absolute atomic E-state index is 0.189. The van der Waals surface area contributed by atoms with Gasteiger partial charge in [-0.3, -0.25) is 0 Å². The summed E-state index contributed by atoms with van der Waals surface area (Å²) in [5, 5.41) is 12.6. The van der Waals surface area contributed by atoms with Crippen molar-refractivity contribution in [2.24, 2.45) is 0 Å². The quantitative estimate of drug-likeness (QED) is 0.767. The Hall–Kier alpha value is -1.22. The maximum absolute atomic E-state index is 9.17. The van der Waals surface area contributed by atoms with Crippen molar-refractivity contribution in [3.05, 3.63) is 23.8 Å². The maximum atomic E-state index is 9.17. The lowest BCUT2D eigenvalue weighted by atomic mass is 10.1. The van der Waals surface area contributed by atoms with Gasteiger partial charge in [0.1, 0.15) is 0 Å². The number of aliphatic hydroxyl groups is 1. The van der Waals surface area contributed by atoms with Gasteiger partial charge in [0.05, 0.1) is 6.10 Å². The SMILES string of the molecule is CC(O)CCCNc1ccc2c(c1)CCN2C. The fourth-order valence-electron chi connectivity index (χ4n) is 2.31. The van der Waals surface area contributed by atoms with Gasteiger partial charge in [-0.05, 0) is 49.9 Å². The van der Waals surface area contributed by atoms with Crippen molar-refractivity contribution in [3.63, 3.8) is 0 Å². The lowest BCUT2D eigenvalue weighted by Crippen LogP contribution is -2.12. The first kappa shape index (κ1) is 12.2. The van der Waals surface area contributed by atoms with Crippen molar-refractivity contribution in [1.29, 1.82) is 0 Å². The van der Waals surface area contributed by atoms with Crippen LogP contribution >= 0.6 is 0 Å². The predicted molar refractivity (Wildman–Crippen MR) is 72.8 cm³/mol. The molecule has 0 radical (unpaired) electrons. The van der Waals surface area contributed by atoms with Gasteiger partial charge in [0.2, 0.25) is 0 Å². The number of rotatable bonds is 5. The maximum Gasteiger partial charge on any atom is 0.0512 e. The summed E-state index contributed by atoms with van der Waals surface area (Å²) < 4.78 is 0. The highest BCUT2D eigenvalue weighted by Crippen LogP contribution is 2.28. The molecule has 17 heavy (non-hydrogen) atoms. The van der Waals surface area contributed by atoms with Crippen LogP contribution in [0.3, 0.4) is 0 Å².